The Kier molecular flexibility index (Phi) is 4.86. The second kappa shape index (κ2) is 6.48. The van der Waals surface area contributed by atoms with Crippen LogP contribution in [0, 0.1) is 5.41 Å². The third kappa shape index (κ3) is 4.07. The summed E-state index contributed by atoms with van der Waals surface area (Å²) in [6, 6.07) is 6.80. The molecule has 1 heterocycles. The molecule has 1 atom stereocenters. The summed E-state index contributed by atoms with van der Waals surface area (Å²) in [5.74, 6) is 0.0130. The molecule has 22 heavy (non-hydrogen) atoms. The number of hydrogen-bond acceptors (Lipinski definition) is 3. The van der Waals surface area contributed by atoms with Crippen molar-refractivity contribution in [2.24, 2.45) is 5.41 Å². The van der Waals surface area contributed by atoms with Crippen molar-refractivity contribution in [2.75, 3.05) is 25.0 Å². The number of carbonyl (C=O) groups excluding carboxylic acids is 2. The van der Waals surface area contributed by atoms with Crippen molar-refractivity contribution < 1.29 is 14.3 Å². The number of nitrogens with zero attached hydrogens (tertiary/aromatic N) is 1. The van der Waals surface area contributed by atoms with Crippen molar-refractivity contribution >= 4 is 17.5 Å². The summed E-state index contributed by atoms with van der Waals surface area (Å²) < 4.78 is 5.76. The molecule has 0 aliphatic carbocycles. The van der Waals surface area contributed by atoms with E-state index in [0.29, 0.717) is 30.9 Å². The highest BCUT2D eigenvalue weighted by atomic mass is 16.5. The van der Waals surface area contributed by atoms with E-state index >= 15 is 0 Å². The molecule has 1 aliphatic heterocycles. The van der Waals surface area contributed by atoms with Gasteiger partial charge in [-0.1, -0.05) is 20.8 Å². The van der Waals surface area contributed by atoms with Crippen molar-refractivity contribution in [1.29, 1.82) is 0 Å². The fraction of sp³-hybridized carbons (Fsp3) is 0.529. The molecule has 5 nitrogen and oxygen atoms in total. The first-order valence-electron chi connectivity index (χ1n) is 7.56. The van der Waals surface area contributed by atoms with Crippen molar-refractivity contribution in [2.45, 2.75) is 33.8 Å². The van der Waals surface area contributed by atoms with Crippen LogP contribution in [0.3, 0.4) is 0 Å². The third-order valence-corrected chi connectivity index (χ3v) is 3.86. The van der Waals surface area contributed by atoms with Gasteiger partial charge in [0.15, 0.2) is 5.78 Å². The number of nitrogens with one attached hydrogen (secondary N) is 1. The van der Waals surface area contributed by atoms with Crippen LogP contribution in [0.25, 0.3) is 0 Å². The number of ketones is 1. The second-order valence-corrected chi connectivity index (χ2v) is 6.74. The van der Waals surface area contributed by atoms with Gasteiger partial charge in [-0.15, -0.1) is 0 Å². The van der Waals surface area contributed by atoms with Gasteiger partial charge < -0.3 is 15.0 Å². The van der Waals surface area contributed by atoms with Crippen molar-refractivity contribution in [3.05, 3.63) is 29.8 Å². The number of anilines is 1. The lowest BCUT2D eigenvalue weighted by molar-refractivity contribution is -0.0664. The zero-order valence-corrected chi connectivity index (χ0v) is 13.7. The molecule has 1 aromatic carbocycles. The molecule has 1 unspecified atom stereocenters. The van der Waals surface area contributed by atoms with E-state index in [0.717, 1.165) is 0 Å². The molecule has 0 aromatic heterocycles. The Morgan fingerprint density at radius 3 is 2.41 bits per heavy atom. The van der Waals surface area contributed by atoms with E-state index < -0.39 is 0 Å². The predicted octanol–water partition coefficient (Wildman–Crippen LogP) is 3.17. The normalized spacial score (nSPS) is 18.9. The fourth-order valence-corrected chi connectivity index (χ4v) is 2.35. The Morgan fingerprint density at radius 1 is 1.23 bits per heavy atom. The molecule has 1 N–H and O–H groups in total. The monoisotopic (exact) mass is 304 g/mol. The standard InChI is InChI=1S/C17H24N2O3/c1-12(20)13-5-7-14(8-6-13)18-16(21)19-9-10-22-15(11-19)17(2,3)4/h5-8,15H,9-11H2,1-4H3,(H,18,21). The Bertz CT molecular complexity index is 546. The van der Waals surface area contributed by atoms with E-state index in [1.807, 2.05) is 0 Å². The summed E-state index contributed by atoms with van der Waals surface area (Å²) >= 11 is 0. The lowest BCUT2D eigenvalue weighted by Gasteiger charge is -2.39. The number of amides is 2. The Hall–Kier alpha value is -1.88. The summed E-state index contributed by atoms with van der Waals surface area (Å²) in [4.78, 5) is 25.4. The number of urea groups is 1. The van der Waals surface area contributed by atoms with Gasteiger partial charge in [-0.05, 0) is 36.6 Å². The van der Waals surface area contributed by atoms with Gasteiger partial charge >= 0.3 is 6.03 Å². The minimum Gasteiger partial charge on any atom is -0.374 e. The summed E-state index contributed by atoms with van der Waals surface area (Å²) in [7, 11) is 0. The zero-order chi connectivity index (χ0) is 16.3. The molecule has 2 amide bonds. The Labute approximate surface area is 131 Å². The minimum atomic E-state index is -0.131. The second-order valence-electron chi connectivity index (χ2n) is 6.74. The fourth-order valence-electron chi connectivity index (χ4n) is 2.35. The van der Waals surface area contributed by atoms with Crippen molar-refractivity contribution in [1.82, 2.24) is 4.90 Å². The number of carbonyl (C=O) groups is 2. The topological polar surface area (TPSA) is 58.6 Å². The van der Waals surface area contributed by atoms with Crippen LogP contribution in [0.2, 0.25) is 0 Å². The molecule has 0 bridgehead atoms. The predicted molar refractivity (Wildman–Crippen MR) is 86.2 cm³/mol. The van der Waals surface area contributed by atoms with Crippen LogP contribution in [0.15, 0.2) is 24.3 Å². The first kappa shape index (κ1) is 16.5. The number of Topliss-reactive ketones (excluding diaryl/α,β-unsaturated/α-hetero) is 1. The van der Waals surface area contributed by atoms with Crippen LogP contribution in [0.1, 0.15) is 38.1 Å². The molecule has 0 saturated carbocycles. The van der Waals surface area contributed by atoms with Crippen LogP contribution in [-0.4, -0.2) is 42.5 Å². The Morgan fingerprint density at radius 2 is 1.86 bits per heavy atom. The highest BCUT2D eigenvalue weighted by molar-refractivity contribution is 5.95. The summed E-state index contributed by atoms with van der Waals surface area (Å²) in [6.45, 7) is 9.58. The molecule has 120 valence electrons. The molecule has 2 rings (SSSR count). The smallest absolute Gasteiger partial charge is 0.322 e. The van der Waals surface area contributed by atoms with E-state index in [1.165, 1.54) is 6.92 Å². The van der Waals surface area contributed by atoms with Crippen LogP contribution in [0.5, 0.6) is 0 Å². The van der Waals surface area contributed by atoms with E-state index in [-0.39, 0.29) is 23.3 Å². The van der Waals surface area contributed by atoms with Crippen LogP contribution in [0.4, 0.5) is 10.5 Å². The number of hydrogen-bond donors (Lipinski definition) is 1. The summed E-state index contributed by atoms with van der Waals surface area (Å²) in [5.41, 5.74) is 1.33. The number of benzene rings is 1. The lowest BCUT2D eigenvalue weighted by atomic mass is 9.88. The lowest BCUT2D eigenvalue weighted by Crippen LogP contribution is -2.51. The maximum atomic E-state index is 12.4. The third-order valence-electron chi connectivity index (χ3n) is 3.86. The highest BCUT2D eigenvalue weighted by Gasteiger charge is 2.32. The van der Waals surface area contributed by atoms with E-state index in [2.05, 4.69) is 26.1 Å². The quantitative estimate of drug-likeness (QED) is 0.854. The largest absolute Gasteiger partial charge is 0.374 e. The minimum absolute atomic E-state index is 0.00207. The molecule has 1 saturated heterocycles. The van der Waals surface area contributed by atoms with Crippen LogP contribution >= 0.6 is 0 Å². The molecular formula is C17H24N2O3. The first-order chi connectivity index (χ1) is 10.3. The van der Waals surface area contributed by atoms with Gasteiger partial charge in [0.1, 0.15) is 0 Å². The number of ether oxygens (including phenoxy) is 1. The first-order valence-corrected chi connectivity index (χ1v) is 7.56. The molecule has 1 fully saturated rings. The van der Waals surface area contributed by atoms with Gasteiger partial charge in [-0.25, -0.2) is 4.79 Å². The molecule has 0 radical (unpaired) electrons. The molecule has 1 aliphatic rings. The van der Waals surface area contributed by atoms with Gasteiger partial charge in [-0.2, -0.15) is 0 Å². The SMILES string of the molecule is CC(=O)c1ccc(NC(=O)N2CCOC(C(C)(C)C)C2)cc1. The average Bonchev–Trinajstić information content (AvgIpc) is 2.47. The molecule has 1 aromatic rings. The maximum absolute atomic E-state index is 12.4. The van der Waals surface area contributed by atoms with E-state index in [4.69, 9.17) is 4.74 Å². The maximum Gasteiger partial charge on any atom is 0.322 e. The van der Waals surface area contributed by atoms with Gasteiger partial charge in [0.2, 0.25) is 0 Å². The average molecular weight is 304 g/mol. The number of rotatable bonds is 2. The van der Waals surface area contributed by atoms with Crippen LogP contribution < -0.4 is 5.32 Å². The van der Waals surface area contributed by atoms with Gasteiger partial charge in [0.25, 0.3) is 0 Å². The van der Waals surface area contributed by atoms with Crippen molar-refractivity contribution in [3.63, 3.8) is 0 Å². The Balaban J connectivity index is 1.98. The van der Waals surface area contributed by atoms with E-state index in [1.54, 1.807) is 29.2 Å². The molecular weight excluding hydrogens is 280 g/mol. The summed E-state index contributed by atoms with van der Waals surface area (Å²) in [6.07, 6.45) is 0.0343. The van der Waals surface area contributed by atoms with Crippen LogP contribution in [-0.2, 0) is 4.74 Å². The number of morpholine rings is 1. The molecule has 5 heteroatoms. The highest BCUT2D eigenvalue weighted by Crippen LogP contribution is 2.25. The van der Waals surface area contributed by atoms with Gasteiger partial charge in [-0.3, -0.25) is 4.79 Å². The zero-order valence-electron chi connectivity index (χ0n) is 13.7. The van der Waals surface area contributed by atoms with Crippen molar-refractivity contribution in [3.8, 4) is 0 Å². The molecule has 0 spiro atoms. The van der Waals surface area contributed by atoms with Gasteiger partial charge in [0.05, 0.1) is 12.7 Å². The summed E-state index contributed by atoms with van der Waals surface area (Å²) in [5, 5.41) is 2.87. The van der Waals surface area contributed by atoms with E-state index in [9.17, 15) is 9.59 Å². The van der Waals surface area contributed by atoms with Gasteiger partial charge in [0, 0.05) is 24.3 Å².